The van der Waals surface area contributed by atoms with Crippen LogP contribution in [0.3, 0.4) is 0 Å². The zero-order valence-electron chi connectivity index (χ0n) is 31.1. The van der Waals surface area contributed by atoms with E-state index in [4.69, 9.17) is 32.7 Å². The fourth-order valence-corrected chi connectivity index (χ4v) is 8.98. The molecule has 2 amide bonds. The SMILES string of the molecule is CC1(C#N)CCC2(CC1)CN(C(=O)OC(C)(C)C)c1ncc(Br)c(Cl)c12.CC1(C#N)CCC2(CC1)CN(C(=O)OC(C)(C)C)c1ncc(Br)c(Cl)c12. The van der Waals surface area contributed by atoms with E-state index in [1.807, 2.05) is 55.4 Å². The van der Waals surface area contributed by atoms with Crippen LogP contribution in [0, 0.1) is 33.5 Å². The molecule has 52 heavy (non-hydrogen) atoms. The van der Waals surface area contributed by atoms with E-state index in [1.54, 1.807) is 22.2 Å². The number of fused-ring (bicyclic) bond motifs is 4. The molecule has 0 saturated heterocycles. The number of rotatable bonds is 0. The Bertz CT molecular complexity index is 1710. The largest absolute Gasteiger partial charge is 0.443 e. The summed E-state index contributed by atoms with van der Waals surface area (Å²) in [7, 11) is 0. The average Bonchev–Trinajstić information content (AvgIpc) is 3.57. The number of pyridine rings is 2. The van der Waals surface area contributed by atoms with Crippen LogP contribution in [-0.2, 0) is 20.3 Å². The van der Waals surface area contributed by atoms with Gasteiger partial charge in [0.15, 0.2) is 0 Å². The predicted molar refractivity (Wildman–Crippen MR) is 209 cm³/mol. The number of amides is 2. The smallest absolute Gasteiger partial charge is 0.416 e. The number of nitriles is 2. The van der Waals surface area contributed by atoms with Crippen molar-refractivity contribution in [3.63, 3.8) is 0 Å². The zero-order chi connectivity index (χ0) is 38.7. The standard InChI is InChI=1S/2C19H23BrClN3O2/c2*1-17(2,3)26-16(25)24-11-19(7-5-18(4,10-22)6-8-19)13-14(21)12(20)9-23-15(13)24/h2*9H,5-8,11H2,1-4H3. The number of carbonyl (C=O) groups is 2. The highest BCUT2D eigenvalue weighted by molar-refractivity contribution is 9.10. The molecule has 4 aliphatic rings. The lowest BCUT2D eigenvalue weighted by Crippen LogP contribution is -2.43. The van der Waals surface area contributed by atoms with Gasteiger partial charge in [-0.2, -0.15) is 10.5 Å². The first-order valence-electron chi connectivity index (χ1n) is 17.5. The van der Waals surface area contributed by atoms with Crippen molar-refractivity contribution >= 4 is 78.9 Å². The predicted octanol–water partition coefficient (Wildman–Crippen LogP) is 11.2. The monoisotopic (exact) mass is 878 g/mol. The zero-order valence-corrected chi connectivity index (χ0v) is 35.7. The van der Waals surface area contributed by atoms with Crippen molar-refractivity contribution in [2.45, 2.75) is 129 Å². The Morgan fingerprint density at radius 1 is 0.692 bits per heavy atom. The number of hydrogen-bond donors (Lipinski definition) is 0. The normalized spacial score (nSPS) is 28.0. The molecule has 2 aromatic rings. The van der Waals surface area contributed by atoms with Gasteiger partial charge in [0.25, 0.3) is 0 Å². The van der Waals surface area contributed by atoms with Gasteiger partial charge < -0.3 is 9.47 Å². The molecule has 2 saturated carbocycles. The molecule has 2 aliphatic heterocycles. The third kappa shape index (κ3) is 7.92. The van der Waals surface area contributed by atoms with Crippen LogP contribution >= 0.6 is 55.1 Å². The number of nitrogens with zero attached hydrogens (tertiary/aromatic N) is 6. The van der Waals surface area contributed by atoms with Crippen LogP contribution in [0.4, 0.5) is 21.2 Å². The second-order valence-corrected chi connectivity index (χ2v) is 19.7. The summed E-state index contributed by atoms with van der Waals surface area (Å²) >= 11 is 20.2. The van der Waals surface area contributed by atoms with Crippen LogP contribution in [0.5, 0.6) is 0 Å². The second-order valence-electron chi connectivity index (χ2n) is 17.3. The van der Waals surface area contributed by atoms with Crippen LogP contribution < -0.4 is 9.80 Å². The maximum absolute atomic E-state index is 12.8. The van der Waals surface area contributed by atoms with Crippen LogP contribution in [0.25, 0.3) is 0 Å². The molecule has 14 heteroatoms. The quantitative estimate of drug-likeness (QED) is 0.255. The van der Waals surface area contributed by atoms with E-state index in [0.717, 1.165) is 71.4 Å². The fourth-order valence-electron chi connectivity index (χ4n) is 7.71. The molecule has 2 spiro atoms. The summed E-state index contributed by atoms with van der Waals surface area (Å²) < 4.78 is 12.6. The molecule has 10 nitrogen and oxygen atoms in total. The number of ether oxygens (including phenoxy) is 2. The Morgan fingerprint density at radius 3 is 1.27 bits per heavy atom. The minimum absolute atomic E-state index is 0.281. The summed E-state index contributed by atoms with van der Waals surface area (Å²) in [6.45, 7) is 16.1. The summed E-state index contributed by atoms with van der Waals surface area (Å²) in [5.74, 6) is 1.15. The van der Waals surface area contributed by atoms with E-state index in [9.17, 15) is 20.1 Å². The van der Waals surface area contributed by atoms with Crippen molar-refractivity contribution in [1.82, 2.24) is 9.97 Å². The molecule has 2 fully saturated rings. The van der Waals surface area contributed by atoms with Crippen molar-refractivity contribution < 1.29 is 19.1 Å². The molecule has 0 aromatic carbocycles. The molecule has 2 aromatic heterocycles. The molecular weight excluding hydrogens is 835 g/mol. The van der Waals surface area contributed by atoms with Crippen LogP contribution in [0.2, 0.25) is 10.0 Å². The number of anilines is 2. The first kappa shape index (κ1) is 40.5. The molecule has 280 valence electrons. The highest BCUT2D eigenvalue weighted by Gasteiger charge is 2.53. The Labute approximate surface area is 333 Å². The Kier molecular flexibility index (Phi) is 11.1. The van der Waals surface area contributed by atoms with E-state index < -0.39 is 23.4 Å². The van der Waals surface area contributed by atoms with Crippen molar-refractivity contribution in [3.05, 3.63) is 42.5 Å². The number of carbonyl (C=O) groups excluding carboxylic acids is 2. The van der Waals surface area contributed by atoms with Gasteiger partial charge >= 0.3 is 12.2 Å². The molecule has 2 aliphatic carbocycles. The summed E-state index contributed by atoms with van der Waals surface area (Å²) in [5, 5.41) is 20.1. The lowest BCUT2D eigenvalue weighted by atomic mass is 9.63. The molecular formula is C38H46Br2Cl2N6O4. The molecule has 4 heterocycles. The second kappa shape index (κ2) is 14.2. The fraction of sp³-hybridized carbons (Fsp3) is 0.632. The van der Waals surface area contributed by atoms with Crippen molar-refractivity contribution in [2.75, 3.05) is 22.9 Å². The average molecular weight is 882 g/mol. The molecule has 6 rings (SSSR count). The van der Waals surface area contributed by atoms with E-state index in [0.29, 0.717) is 34.8 Å². The third-order valence-electron chi connectivity index (χ3n) is 10.8. The van der Waals surface area contributed by atoms with Gasteiger partial charge in [-0.15, -0.1) is 0 Å². The Morgan fingerprint density at radius 2 is 1.00 bits per heavy atom. The summed E-state index contributed by atoms with van der Waals surface area (Å²) in [4.78, 5) is 37.8. The molecule has 0 bridgehead atoms. The minimum atomic E-state index is -0.585. The van der Waals surface area contributed by atoms with E-state index >= 15 is 0 Å². The van der Waals surface area contributed by atoms with Crippen LogP contribution in [0.1, 0.15) is 118 Å². The first-order chi connectivity index (χ1) is 24.0. The molecule has 0 radical (unpaired) electrons. The van der Waals surface area contributed by atoms with Gasteiger partial charge in [0.1, 0.15) is 22.8 Å². The molecule has 0 N–H and O–H groups in total. The van der Waals surface area contributed by atoms with Gasteiger partial charge in [0.2, 0.25) is 0 Å². The highest BCUT2D eigenvalue weighted by Crippen LogP contribution is 2.57. The van der Waals surface area contributed by atoms with Crippen LogP contribution in [-0.4, -0.2) is 46.4 Å². The maximum Gasteiger partial charge on any atom is 0.416 e. The van der Waals surface area contributed by atoms with Crippen molar-refractivity contribution in [1.29, 1.82) is 10.5 Å². The van der Waals surface area contributed by atoms with Gasteiger partial charge in [-0.3, -0.25) is 9.80 Å². The van der Waals surface area contributed by atoms with E-state index in [-0.39, 0.29) is 21.7 Å². The Balaban J connectivity index is 0.000000201. The van der Waals surface area contributed by atoms with Gasteiger partial charge in [0.05, 0.1) is 42.0 Å². The van der Waals surface area contributed by atoms with Gasteiger partial charge in [-0.05, 0) is 139 Å². The van der Waals surface area contributed by atoms with E-state index in [2.05, 4.69) is 54.0 Å². The lowest BCUT2D eigenvalue weighted by Gasteiger charge is -2.40. The lowest BCUT2D eigenvalue weighted by molar-refractivity contribution is 0.0561. The van der Waals surface area contributed by atoms with Gasteiger partial charge in [-0.25, -0.2) is 19.6 Å². The topological polar surface area (TPSA) is 132 Å². The van der Waals surface area contributed by atoms with Gasteiger partial charge in [-0.1, -0.05) is 23.2 Å². The first-order valence-corrected chi connectivity index (χ1v) is 19.9. The maximum atomic E-state index is 12.8. The number of halogens is 4. The minimum Gasteiger partial charge on any atom is -0.443 e. The third-order valence-corrected chi connectivity index (χ3v) is 13.2. The molecule has 0 unspecified atom stereocenters. The highest BCUT2D eigenvalue weighted by atomic mass is 79.9. The van der Waals surface area contributed by atoms with Crippen molar-refractivity contribution in [2.24, 2.45) is 10.8 Å². The van der Waals surface area contributed by atoms with Crippen molar-refractivity contribution in [3.8, 4) is 12.1 Å². The Hall–Kier alpha value is -2.64. The number of hydrogen-bond acceptors (Lipinski definition) is 8. The van der Waals surface area contributed by atoms with E-state index in [1.165, 1.54) is 0 Å². The summed E-state index contributed by atoms with van der Waals surface area (Å²) in [6, 6.07) is 4.88. The number of aromatic nitrogens is 2. The van der Waals surface area contributed by atoms with Gasteiger partial charge in [0, 0.05) is 47.4 Å². The summed E-state index contributed by atoms with van der Waals surface area (Å²) in [6.07, 6.45) is 8.69. The summed E-state index contributed by atoms with van der Waals surface area (Å²) in [5.41, 5.74) is -0.574. The van der Waals surface area contributed by atoms with Crippen LogP contribution in [0.15, 0.2) is 21.3 Å². The molecule has 0 atom stereocenters.